The third kappa shape index (κ3) is 8.81. The van der Waals surface area contributed by atoms with Crippen LogP contribution in [0, 0.1) is 5.92 Å². The second-order valence-electron chi connectivity index (χ2n) is 5.17. The van der Waals surface area contributed by atoms with Crippen molar-refractivity contribution in [2.45, 2.75) is 39.2 Å². The number of urea groups is 1. The minimum absolute atomic E-state index is 0.0351. The molecule has 0 saturated heterocycles. The van der Waals surface area contributed by atoms with Crippen molar-refractivity contribution in [1.29, 1.82) is 0 Å². The molecule has 0 aromatic carbocycles. The first kappa shape index (κ1) is 16.7. The summed E-state index contributed by atoms with van der Waals surface area (Å²) in [4.78, 5) is 22.1. The predicted octanol–water partition coefficient (Wildman–Crippen LogP) is 1.21. The van der Waals surface area contributed by atoms with Gasteiger partial charge < -0.3 is 20.5 Å². The van der Waals surface area contributed by atoms with Crippen LogP contribution in [0.5, 0.6) is 0 Å². The molecule has 0 aromatic heterocycles. The number of methoxy groups -OCH3 is 1. The molecule has 18 heavy (non-hydrogen) atoms. The van der Waals surface area contributed by atoms with Gasteiger partial charge in [-0.05, 0) is 26.2 Å². The van der Waals surface area contributed by atoms with Gasteiger partial charge in [-0.1, -0.05) is 6.92 Å². The summed E-state index contributed by atoms with van der Waals surface area (Å²) < 4.78 is 4.96. The molecule has 0 aliphatic heterocycles. The largest absolute Gasteiger partial charge is 0.481 e. The Labute approximate surface area is 108 Å². The van der Waals surface area contributed by atoms with Crippen LogP contribution in [-0.2, 0) is 9.53 Å². The van der Waals surface area contributed by atoms with E-state index in [1.807, 2.05) is 6.92 Å². The first-order valence-electron chi connectivity index (χ1n) is 6.03. The Bertz CT molecular complexity index is 279. The Morgan fingerprint density at radius 3 is 2.50 bits per heavy atom. The van der Waals surface area contributed by atoms with Gasteiger partial charge in [0.2, 0.25) is 0 Å². The first-order chi connectivity index (χ1) is 8.26. The van der Waals surface area contributed by atoms with E-state index < -0.39 is 11.5 Å². The lowest BCUT2D eigenvalue weighted by Gasteiger charge is -2.26. The van der Waals surface area contributed by atoms with Gasteiger partial charge in [-0.3, -0.25) is 4.79 Å². The van der Waals surface area contributed by atoms with Gasteiger partial charge >= 0.3 is 12.0 Å². The lowest BCUT2D eigenvalue weighted by molar-refractivity contribution is -0.137. The highest BCUT2D eigenvalue weighted by molar-refractivity contribution is 5.74. The van der Waals surface area contributed by atoms with E-state index in [0.29, 0.717) is 19.6 Å². The molecule has 0 heterocycles. The fourth-order valence-electron chi connectivity index (χ4n) is 1.44. The van der Waals surface area contributed by atoms with Crippen LogP contribution in [0.1, 0.15) is 33.6 Å². The van der Waals surface area contributed by atoms with Crippen LogP contribution < -0.4 is 10.6 Å². The summed E-state index contributed by atoms with van der Waals surface area (Å²) in [7, 11) is 1.62. The van der Waals surface area contributed by atoms with Gasteiger partial charge in [0.05, 0.1) is 6.61 Å². The lowest BCUT2D eigenvalue weighted by Crippen LogP contribution is -2.49. The van der Waals surface area contributed by atoms with Crippen LogP contribution in [0.3, 0.4) is 0 Å². The second-order valence-corrected chi connectivity index (χ2v) is 5.17. The normalized spacial score (nSPS) is 12.9. The monoisotopic (exact) mass is 260 g/mol. The Morgan fingerprint density at radius 2 is 2.00 bits per heavy atom. The van der Waals surface area contributed by atoms with Crippen LogP contribution >= 0.6 is 0 Å². The van der Waals surface area contributed by atoms with E-state index in [1.165, 1.54) is 0 Å². The molecule has 3 N–H and O–H groups in total. The average Bonchev–Trinajstić information content (AvgIpc) is 2.24. The zero-order chi connectivity index (χ0) is 14.2. The molecule has 0 aromatic rings. The van der Waals surface area contributed by atoms with Crippen LogP contribution in [-0.4, -0.2) is 42.9 Å². The van der Waals surface area contributed by atoms with Gasteiger partial charge in [0, 0.05) is 25.6 Å². The Morgan fingerprint density at radius 1 is 1.39 bits per heavy atom. The van der Waals surface area contributed by atoms with Gasteiger partial charge in [0.25, 0.3) is 0 Å². The summed E-state index contributed by atoms with van der Waals surface area (Å²) in [6, 6.07) is -0.284. The summed E-state index contributed by atoms with van der Waals surface area (Å²) in [5.74, 6) is -0.623. The first-order valence-corrected chi connectivity index (χ1v) is 6.03. The molecular formula is C12H24N2O4. The third-order valence-corrected chi connectivity index (χ3v) is 2.48. The van der Waals surface area contributed by atoms with Crippen molar-refractivity contribution in [1.82, 2.24) is 10.6 Å². The number of carboxylic acid groups (broad SMARTS) is 1. The summed E-state index contributed by atoms with van der Waals surface area (Å²) in [6.07, 6.45) is 0.427. The number of carbonyl (C=O) groups is 2. The SMILES string of the molecule is COCC(C)CNC(=O)NC(C)(C)CCC(=O)O. The summed E-state index contributed by atoms with van der Waals surface area (Å²) >= 11 is 0. The smallest absolute Gasteiger partial charge is 0.315 e. The molecular weight excluding hydrogens is 236 g/mol. The van der Waals surface area contributed by atoms with E-state index in [0.717, 1.165) is 0 Å². The number of nitrogens with one attached hydrogen (secondary N) is 2. The number of aliphatic carboxylic acids is 1. The van der Waals surface area contributed by atoms with Gasteiger partial charge in [-0.15, -0.1) is 0 Å². The highest BCUT2D eigenvalue weighted by Gasteiger charge is 2.21. The zero-order valence-electron chi connectivity index (χ0n) is 11.6. The van der Waals surface area contributed by atoms with E-state index in [1.54, 1.807) is 21.0 Å². The lowest BCUT2D eigenvalue weighted by atomic mass is 9.99. The standard InChI is InChI=1S/C12H24N2O4/c1-9(8-18-4)7-13-11(17)14-12(2,3)6-5-10(15)16/h9H,5-8H2,1-4H3,(H,15,16)(H2,13,14,17). The maximum Gasteiger partial charge on any atom is 0.315 e. The quantitative estimate of drug-likeness (QED) is 0.612. The van der Waals surface area contributed by atoms with Crippen molar-refractivity contribution in [3.05, 3.63) is 0 Å². The maximum absolute atomic E-state index is 11.6. The molecule has 0 aliphatic rings. The van der Waals surface area contributed by atoms with Crippen molar-refractivity contribution >= 4 is 12.0 Å². The summed E-state index contributed by atoms with van der Waals surface area (Å²) in [5.41, 5.74) is -0.535. The van der Waals surface area contributed by atoms with E-state index in [4.69, 9.17) is 9.84 Å². The number of carboxylic acids is 1. The third-order valence-electron chi connectivity index (χ3n) is 2.48. The van der Waals surface area contributed by atoms with Gasteiger partial charge in [0.1, 0.15) is 0 Å². The van der Waals surface area contributed by atoms with Crippen molar-refractivity contribution in [2.24, 2.45) is 5.92 Å². The van der Waals surface area contributed by atoms with Crippen LogP contribution in [0.15, 0.2) is 0 Å². The number of ether oxygens (including phenoxy) is 1. The van der Waals surface area contributed by atoms with Gasteiger partial charge in [-0.25, -0.2) is 4.79 Å². The Kier molecular flexibility index (Phi) is 7.35. The molecule has 6 heteroatoms. The summed E-state index contributed by atoms with van der Waals surface area (Å²) in [5, 5.41) is 14.1. The Balaban J connectivity index is 3.94. The van der Waals surface area contributed by atoms with Gasteiger partial charge in [-0.2, -0.15) is 0 Å². The number of rotatable bonds is 8. The van der Waals surface area contributed by atoms with Crippen molar-refractivity contribution in [2.75, 3.05) is 20.3 Å². The minimum Gasteiger partial charge on any atom is -0.481 e. The van der Waals surface area contributed by atoms with E-state index >= 15 is 0 Å². The molecule has 0 rings (SSSR count). The van der Waals surface area contributed by atoms with Crippen molar-refractivity contribution < 1.29 is 19.4 Å². The predicted molar refractivity (Wildman–Crippen MR) is 68.5 cm³/mol. The van der Waals surface area contributed by atoms with Crippen LogP contribution in [0.25, 0.3) is 0 Å². The van der Waals surface area contributed by atoms with Crippen LogP contribution in [0.4, 0.5) is 4.79 Å². The van der Waals surface area contributed by atoms with E-state index in [2.05, 4.69) is 10.6 Å². The second kappa shape index (κ2) is 7.92. The number of carbonyl (C=O) groups excluding carboxylic acids is 1. The van der Waals surface area contributed by atoms with Gasteiger partial charge in [0.15, 0.2) is 0 Å². The van der Waals surface area contributed by atoms with Crippen molar-refractivity contribution in [3.8, 4) is 0 Å². The molecule has 2 amide bonds. The topological polar surface area (TPSA) is 87.7 Å². The van der Waals surface area contributed by atoms with Crippen LogP contribution in [0.2, 0.25) is 0 Å². The molecule has 0 fully saturated rings. The molecule has 0 bridgehead atoms. The molecule has 1 atom stereocenters. The maximum atomic E-state index is 11.6. The number of hydrogen-bond acceptors (Lipinski definition) is 3. The minimum atomic E-state index is -0.862. The average molecular weight is 260 g/mol. The highest BCUT2D eigenvalue weighted by Crippen LogP contribution is 2.10. The fourth-order valence-corrected chi connectivity index (χ4v) is 1.44. The molecule has 6 nitrogen and oxygen atoms in total. The molecule has 1 unspecified atom stereocenters. The fraction of sp³-hybridized carbons (Fsp3) is 0.833. The molecule has 0 saturated carbocycles. The van der Waals surface area contributed by atoms with Crippen molar-refractivity contribution in [3.63, 3.8) is 0 Å². The zero-order valence-corrected chi connectivity index (χ0v) is 11.6. The Hall–Kier alpha value is -1.30. The molecule has 0 radical (unpaired) electrons. The molecule has 106 valence electrons. The van der Waals surface area contributed by atoms with E-state index in [-0.39, 0.29) is 18.4 Å². The summed E-state index contributed by atoms with van der Waals surface area (Å²) in [6.45, 7) is 6.68. The molecule has 0 spiro atoms. The molecule has 0 aliphatic carbocycles. The van der Waals surface area contributed by atoms with E-state index in [9.17, 15) is 9.59 Å². The number of amides is 2. The highest BCUT2D eigenvalue weighted by atomic mass is 16.5. The number of hydrogen-bond donors (Lipinski definition) is 3.